The van der Waals surface area contributed by atoms with E-state index in [1.54, 1.807) is 42.3 Å². The van der Waals surface area contributed by atoms with Gasteiger partial charge in [-0.25, -0.2) is 23.3 Å². The van der Waals surface area contributed by atoms with Crippen LogP contribution < -0.4 is 10.1 Å². The van der Waals surface area contributed by atoms with Crippen LogP contribution in [-0.4, -0.2) is 31.7 Å². The van der Waals surface area contributed by atoms with E-state index in [0.29, 0.717) is 40.2 Å². The van der Waals surface area contributed by atoms with Gasteiger partial charge in [0, 0.05) is 17.8 Å². The molecule has 4 aromatic heterocycles. The summed E-state index contributed by atoms with van der Waals surface area (Å²) in [7, 11) is 1.58. The number of aromatic nitrogens is 5. The highest BCUT2D eigenvalue weighted by molar-refractivity contribution is 5.87. The minimum atomic E-state index is -0.916. The summed E-state index contributed by atoms with van der Waals surface area (Å²) in [6, 6.07) is 10.9. The second-order valence-corrected chi connectivity index (χ2v) is 6.82. The maximum absolute atomic E-state index is 13.6. The van der Waals surface area contributed by atoms with Gasteiger partial charge in [0.1, 0.15) is 11.3 Å². The standard InChI is InChI=1S/C22H16F2N6O/c1-31-15-9-20-22(28-12-15)19(6-7-25-20)26-10-14-11-27-21-5-4-18(29-30(14)21)13-2-3-16(23)17(24)8-13/h2-9,11-12H,10H2,1H3,(H,25,26). The van der Waals surface area contributed by atoms with Crippen molar-refractivity contribution in [1.82, 2.24) is 24.6 Å². The lowest BCUT2D eigenvalue weighted by Crippen LogP contribution is -2.06. The zero-order chi connectivity index (χ0) is 21.4. The molecule has 0 saturated heterocycles. The summed E-state index contributed by atoms with van der Waals surface area (Å²) in [6.45, 7) is 0.419. The lowest BCUT2D eigenvalue weighted by atomic mass is 10.1. The molecule has 0 amide bonds. The number of fused-ring (bicyclic) bond motifs is 2. The van der Waals surface area contributed by atoms with E-state index in [1.165, 1.54) is 6.07 Å². The Bertz CT molecular complexity index is 1420. The zero-order valence-corrected chi connectivity index (χ0v) is 16.4. The Morgan fingerprint density at radius 2 is 1.87 bits per heavy atom. The minimum Gasteiger partial charge on any atom is -0.495 e. The summed E-state index contributed by atoms with van der Waals surface area (Å²) < 4.78 is 33.8. The Kier molecular flexibility index (Phi) is 4.62. The first-order valence-electron chi connectivity index (χ1n) is 9.44. The van der Waals surface area contributed by atoms with Crippen LogP contribution in [0.3, 0.4) is 0 Å². The van der Waals surface area contributed by atoms with E-state index in [2.05, 4.69) is 25.4 Å². The Morgan fingerprint density at radius 1 is 0.968 bits per heavy atom. The van der Waals surface area contributed by atoms with Crippen molar-refractivity contribution in [2.75, 3.05) is 12.4 Å². The highest BCUT2D eigenvalue weighted by atomic mass is 19.2. The van der Waals surface area contributed by atoms with Gasteiger partial charge < -0.3 is 10.1 Å². The molecule has 9 heteroatoms. The van der Waals surface area contributed by atoms with Gasteiger partial charge in [-0.15, -0.1) is 0 Å². The normalized spacial score (nSPS) is 11.2. The second kappa shape index (κ2) is 7.60. The molecule has 0 radical (unpaired) electrons. The topological polar surface area (TPSA) is 77.2 Å². The van der Waals surface area contributed by atoms with Crippen LogP contribution in [0, 0.1) is 11.6 Å². The molecule has 154 valence electrons. The molecule has 1 aromatic carbocycles. The van der Waals surface area contributed by atoms with E-state index >= 15 is 0 Å². The molecular formula is C22H16F2N6O. The smallest absolute Gasteiger partial charge is 0.159 e. The average Bonchev–Trinajstić information content (AvgIpc) is 3.21. The molecule has 0 saturated carbocycles. The van der Waals surface area contributed by atoms with Crippen molar-refractivity contribution in [1.29, 1.82) is 0 Å². The Balaban J connectivity index is 1.46. The van der Waals surface area contributed by atoms with E-state index in [-0.39, 0.29) is 0 Å². The first kappa shape index (κ1) is 18.9. The van der Waals surface area contributed by atoms with Crippen molar-refractivity contribution < 1.29 is 13.5 Å². The number of nitrogens with zero attached hydrogens (tertiary/aromatic N) is 5. The van der Waals surface area contributed by atoms with Crippen LogP contribution in [0.2, 0.25) is 0 Å². The van der Waals surface area contributed by atoms with Crippen molar-refractivity contribution in [3.05, 3.63) is 78.4 Å². The van der Waals surface area contributed by atoms with E-state index in [4.69, 9.17) is 4.74 Å². The quantitative estimate of drug-likeness (QED) is 0.460. The molecule has 0 unspecified atom stereocenters. The molecule has 7 nitrogen and oxygen atoms in total. The predicted octanol–water partition coefficient (Wildman–Crippen LogP) is 4.24. The third-order valence-corrected chi connectivity index (χ3v) is 4.90. The average molecular weight is 418 g/mol. The van der Waals surface area contributed by atoms with Gasteiger partial charge in [-0.05, 0) is 36.4 Å². The lowest BCUT2D eigenvalue weighted by Gasteiger charge is -2.09. The van der Waals surface area contributed by atoms with E-state index in [1.807, 2.05) is 12.1 Å². The van der Waals surface area contributed by atoms with Gasteiger partial charge in [0.15, 0.2) is 17.3 Å². The van der Waals surface area contributed by atoms with Gasteiger partial charge in [-0.2, -0.15) is 5.10 Å². The molecule has 0 aliphatic rings. The van der Waals surface area contributed by atoms with Crippen molar-refractivity contribution in [3.63, 3.8) is 0 Å². The zero-order valence-electron chi connectivity index (χ0n) is 16.4. The van der Waals surface area contributed by atoms with Crippen molar-refractivity contribution in [2.45, 2.75) is 6.54 Å². The highest BCUT2D eigenvalue weighted by Gasteiger charge is 2.11. The molecule has 0 aliphatic heterocycles. The molecule has 5 aromatic rings. The number of rotatable bonds is 5. The molecule has 4 heterocycles. The van der Waals surface area contributed by atoms with Gasteiger partial charge in [0.25, 0.3) is 0 Å². The number of benzene rings is 1. The molecule has 0 fully saturated rings. The van der Waals surface area contributed by atoms with Gasteiger partial charge in [-0.3, -0.25) is 4.98 Å². The molecule has 1 N–H and O–H groups in total. The number of anilines is 1. The SMILES string of the molecule is COc1cnc2c(NCc3cnc4ccc(-c5ccc(F)c(F)c5)nn34)ccnc2c1. The van der Waals surface area contributed by atoms with Crippen molar-refractivity contribution in [3.8, 4) is 17.0 Å². The fourth-order valence-electron chi connectivity index (χ4n) is 3.30. The summed E-state index contributed by atoms with van der Waals surface area (Å²) in [5.41, 5.74) is 4.65. The van der Waals surface area contributed by atoms with Gasteiger partial charge in [0.2, 0.25) is 0 Å². The number of imidazole rings is 1. The summed E-state index contributed by atoms with van der Waals surface area (Å²) >= 11 is 0. The lowest BCUT2D eigenvalue weighted by molar-refractivity contribution is 0.413. The summed E-state index contributed by atoms with van der Waals surface area (Å²) in [6.07, 6.45) is 5.04. The molecule has 31 heavy (non-hydrogen) atoms. The number of methoxy groups -OCH3 is 1. The van der Waals surface area contributed by atoms with Crippen LogP contribution in [0.4, 0.5) is 14.5 Å². The number of nitrogens with one attached hydrogen (secondary N) is 1. The molecule has 0 bridgehead atoms. The van der Waals surface area contributed by atoms with Crippen LogP contribution in [0.25, 0.3) is 27.9 Å². The first-order chi connectivity index (χ1) is 15.1. The predicted molar refractivity (Wildman–Crippen MR) is 112 cm³/mol. The maximum Gasteiger partial charge on any atom is 0.159 e. The van der Waals surface area contributed by atoms with Crippen molar-refractivity contribution in [2.24, 2.45) is 0 Å². The Morgan fingerprint density at radius 3 is 2.71 bits per heavy atom. The van der Waals surface area contributed by atoms with Gasteiger partial charge in [0.05, 0.1) is 48.6 Å². The fourth-order valence-corrected chi connectivity index (χ4v) is 3.30. The fraction of sp³-hybridized carbons (Fsp3) is 0.0909. The Hall–Kier alpha value is -4.14. The third-order valence-electron chi connectivity index (χ3n) is 4.90. The highest BCUT2D eigenvalue weighted by Crippen LogP contribution is 2.24. The summed E-state index contributed by atoms with van der Waals surface area (Å²) in [5.74, 6) is -1.18. The largest absolute Gasteiger partial charge is 0.495 e. The maximum atomic E-state index is 13.6. The van der Waals surface area contributed by atoms with E-state index in [0.717, 1.165) is 23.5 Å². The van der Waals surface area contributed by atoms with E-state index in [9.17, 15) is 8.78 Å². The van der Waals surface area contributed by atoms with Crippen LogP contribution in [-0.2, 0) is 6.54 Å². The number of pyridine rings is 2. The second-order valence-electron chi connectivity index (χ2n) is 6.82. The van der Waals surface area contributed by atoms with Crippen LogP contribution >= 0.6 is 0 Å². The van der Waals surface area contributed by atoms with Crippen LogP contribution in [0.15, 0.2) is 61.1 Å². The van der Waals surface area contributed by atoms with Crippen LogP contribution in [0.1, 0.15) is 5.69 Å². The number of ether oxygens (including phenoxy) is 1. The summed E-state index contributed by atoms with van der Waals surface area (Å²) in [5, 5.41) is 7.90. The molecule has 0 aliphatic carbocycles. The van der Waals surface area contributed by atoms with Gasteiger partial charge >= 0.3 is 0 Å². The molecule has 0 atom stereocenters. The van der Waals surface area contributed by atoms with Crippen molar-refractivity contribution >= 4 is 22.4 Å². The number of halogens is 2. The Labute approximate surface area is 175 Å². The molecule has 5 rings (SSSR count). The molecule has 0 spiro atoms. The van der Waals surface area contributed by atoms with Gasteiger partial charge in [-0.1, -0.05) is 0 Å². The molecular weight excluding hydrogens is 402 g/mol. The number of hydrogen-bond acceptors (Lipinski definition) is 6. The summed E-state index contributed by atoms with van der Waals surface area (Å²) in [4.78, 5) is 13.1. The third kappa shape index (κ3) is 3.50. The van der Waals surface area contributed by atoms with E-state index < -0.39 is 11.6 Å². The minimum absolute atomic E-state index is 0.419. The number of hydrogen-bond donors (Lipinski definition) is 1. The first-order valence-corrected chi connectivity index (χ1v) is 9.44. The monoisotopic (exact) mass is 418 g/mol. The van der Waals surface area contributed by atoms with Crippen LogP contribution in [0.5, 0.6) is 5.75 Å².